The molecule has 4 nitrogen and oxygen atoms in total. The van der Waals surface area contributed by atoms with E-state index in [0.717, 1.165) is 18.4 Å². The molecule has 5 heteroatoms. The van der Waals surface area contributed by atoms with Gasteiger partial charge >= 0.3 is 6.03 Å². The molecule has 0 heterocycles. The first-order valence-corrected chi connectivity index (χ1v) is 6.98. The molecule has 1 aliphatic rings. The maximum Gasteiger partial charge on any atom is 0.317 e. The zero-order valence-corrected chi connectivity index (χ0v) is 11.8. The van der Waals surface area contributed by atoms with Crippen molar-refractivity contribution in [1.29, 1.82) is 0 Å². The summed E-state index contributed by atoms with van der Waals surface area (Å²) in [5, 5.41) is 2.84. The highest BCUT2D eigenvalue weighted by Gasteiger charge is 2.32. The Balaban J connectivity index is 1.84. The summed E-state index contributed by atoms with van der Waals surface area (Å²) >= 11 is 0. The van der Waals surface area contributed by atoms with Gasteiger partial charge in [-0.25, -0.2) is 9.18 Å². The zero-order chi connectivity index (χ0) is 14.4. The van der Waals surface area contributed by atoms with Crippen molar-refractivity contribution >= 4 is 6.03 Å². The van der Waals surface area contributed by atoms with Crippen LogP contribution in [0, 0.1) is 5.82 Å². The molecule has 2 rings (SSSR count). The molecule has 0 aliphatic heterocycles. The van der Waals surface area contributed by atoms with Gasteiger partial charge in [-0.2, -0.15) is 0 Å². The molecule has 1 aliphatic carbocycles. The topological polar surface area (TPSA) is 41.6 Å². The minimum Gasteiger partial charge on any atom is -0.383 e. The van der Waals surface area contributed by atoms with Gasteiger partial charge in [0, 0.05) is 26.2 Å². The summed E-state index contributed by atoms with van der Waals surface area (Å²) in [4.78, 5) is 13.9. The first-order chi connectivity index (χ1) is 9.70. The van der Waals surface area contributed by atoms with Crippen LogP contribution in [0.4, 0.5) is 9.18 Å². The third kappa shape index (κ3) is 4.49. The van der Waals surface area contributed by atoms with E-state index in [4.69, 9.17) is 4.74 Å². The van der Waals surface area contributed by atoms with Crippen molar-refractivity contribution in [2.45, 2.75) is 25.3 Å². The van der Waals surface area contributed by atoms with Crippen molar-refractivity contribution in [1.82, 2.24) is 10.2 Å². The first kappa shape index (κ1) is 14.8. The van der Waals surface area contributed by atoms with E-state index >= 15 is 0 Å². The van der Waals surface area contributed by atoms with E-state index in [1.54, 1.807) is 13.2 Å². The summed E-state index contributed by atoms with van der Waals surface area (Å²) in [6.07, 6.45) is 2.79. The lowest BCUT2D eigenvalue weighted by Gasteiger charge is -2.23. The number of carbonyl (C=O) groups is 1. The molecule has 0 radical (unpaired) electrons. The number of carbonyl (C=O) groups excluding carboxylic acids is 1. The summed E-state index contributed by atoms with van der Waals surface area (Å²) < 4.78 is 18.0. The largest absolute Gasteiger partial charge is 0.383 e. The summed E-state index contributed by atoms with van der Waals surface area (Å²) in [5.41, 5.74) is 0.917. The molecule has 0 spiro atoms. The molecule has 1 N–H and O–H groups in total. The summed E-state index contributed by atoms with van der Waals surface area (Å²) in [7, 11) is 1.61. The fraction of sp³-hybridized carbons (Fsp3) is 0.533. The lowest BCUT2D eigenvalue weighted by Crippen LogP contribution is -2.43. The lowest BCUT2D eigenvalue weighted by molar-refractivity contribution is 0.178. The number of hydrogen-bond donors (Lipinski definition) is 1. The smallest absolute Gasteiger partial charge is 0.317 e. The van der Waals surface area contributed by atoms with Gasteiger partial charge in [-0.3, -0.25) is 0 Å². The molecule has 2 amide bonds. The number of nitrogens with one attached hydrogen (secondary N) is 1. The molecule has 110 valence electrons. The average molecular weight is 280 g/mol. The van der Waals surface area contributed by atoms with Crippen molar-refractivity contribution in [2.75, 3.05) is 26.8 Å². The fourth-order valence-corrected chi connectivity index (χ4v) is 2.14. The minimum atomic E-state index is -0.231. The molecule has 0 atom stereocenters. The van der Waals surface area contributed by atoms with Crippen molar-refractivity contribution in [3.05, 3.63) is 35.6 Å². The Hall–Kier alpha value is -1.62. The van der Waals surface area contributed by atoms with Gasteiger partial charge in [-0.15, -0.1) is 0 Å². The highest BCUT2D eigenvalue weighted by molar-refractivity contribution is 5.74. The van der Waals surface area contributed by atoms with Gasteiger partial charge in [0.2, 0.25) is 0 Å². The summed E-state index contributed by atoms with van der Waals surface area (Å²) in [5.74, 6) is -0.231. The van der Waals surface area contributed by atoms with Gasteiger partial charge in [-0.05, 0) is 37.0 Å². The van der Waals surface area contributed by atoms with Crippen molar-refractivity contribution in [3.8, 4) is 0 Å². The number of amides is 2. The van der Waals surface area contributed by atoms with Crippen LogP contribution in [0.1, 0.15) is 18.4 Å². The van der Waals surface area contributed by atoms with Gasteiger partial charge in [-0.1, -0.05) is 12.1 Å². The van der Waals surface area contributed by atoms with E-state index in [0.29, 0.717) is 32.2 Å². The van der Waals surface area contributed by atoms with E-state index in [1.165, 1.54) is 12.1 Å². The monoisotopic (exact) mass is 280 g/mol. The van der Waals surface area contributed by atoms with Crippen molar-refractivity contribution in [3.63, 3.8) is 0 Å². The molecular weight excluding hydrogens is 259 g/mol. The predicted octanol–water partition coefficient (Wildman–Crippen LogP) is 2.19. The first-order valence-electron chi connectivity index (χ1n) is 6.98. The highest BCUT2D eigenvalue weighted by Crippen LogP contribution is 2.27. The molecule has 1 fully saturated rings. The second-order valence-electron chi connectivity index (χ2n) is 5.03. The van der Waals surface area contributed by atoms with Gasteiger partial charge < -0.3 is 15.0 Å². The number of rotatable bonds is 7. The van der Waals surface area contributed by atoms with Gasteiger partial charge in [0.25, 0.3) is 0 Å². The Morgan fingerprint density at radius 1 is 1.50 bits per heavy atom. The lowest BCUT2D eigenvalue weighted by atomic mass is 10.1. The number of urea groups is 1. The number of ether oxygens (including phenoxy) is 1. The number of hydrogen-bond acceptors (Lipinski definition) is 2. The van der Waals surface area contributed by atoms with Gasteiger partial charge in [0.15, 0.2) is 0 Å². The molecule has 1 saturated carbocycles. The number of benzene rings is 1. The quantitative estimate of drug-likeness (QED) is 0.778. The Kier molecular flexibility index (Phi) is 5.35. The Morgan fingerprint density at radius 2 is 2.30 bits per heavy atom. The third-order valence-electron chi connectivity index (χ3n) is 3.36. The molecule has 0 bridgehead atoms. The van der Waals surface area contributed by atoms with Crippen molar-refractivity contribution in [2.24, 2.45) is 0 Å². The second-order valence-corrected chi connectivity index (χ2v) is 5.03. The van der Waals surface area contributed by atoms with Gasteiger partial charge in [0.1, 0.15) is 5.82 Å². The molecular formula is C15H21FN2O2. The second kappa shape index (κ2) is 7.24. The summed E-state index contributed by atoms with van der Waals surface area (Å²) in [6, 6.07) is 6.82. The standard InChI is InChI=1S/C15H21FN2O2/c1-20-10-8-17-15(19)18(14-5-6-14)9-7-12-3-2-4-13(16)11-12/h2-4,11,14H,5-10H2,1H3,(H,17,19). The van der Waals surface area contributed by atoms with Crippen molar-refractivity contribution < 1.29 is 13.9 Å². The Labute approximate surface area is 118 Å². The van der Waals surface area contributed by atoms with Crippen LogP contribution >= 0.6 is 0 Å². The van der Waals surface area contributed by atoms with Crippen LogP contribution in [-0.4, -0.2) is 43.8 Å². The maximum absolute atomic E-state index is 13.1. The maximum atomic E-state index is 13.1. The Morgan fingerprint density at radius 3 is 2.95 bits per heavy atom. The van der Waals surface area contributed by atoms with Crippen LogP contribution in [0.25, 0.3) is 0 Å². The zero-order valence-electron chi connectivity index (χ0n) is 11.8. The number of nitrogens with zero attached hydrogens (tertiary/aromatic N) is 1. The van der Waals surface area contributed by atoms with E-state index < -0.39 is 0 Å². The van der Waals surface area contributed by atoms with Crippen LogP contribution in [0.5, 0.6) is 0 Å². The molecule has 1 aromatic carbocycles. The summed E-state index contributed by atoms with van der Waals surface area (Å²) in [6.45, 7) is 1.64. The van der Waals surface area contributed by atoms with Crippen LogP contribution in [0.15, 0.2) is 24.3 Å². The minimum absolute atomic E-state index is 0.0547. The Bertz CT molecular complexity index is 449. The molecule has 20 heavy (non-hydrogen) atoms. The molecule has 0 unspecified atom stereocenters. The molecule has 0 saturated heterocycles. The fourth-order valence-electron chi connectivity index (χ4n) is 2.14. The van der Waals surface area contributed by atoms with Crippen LogP contribution in [0.2, 0.25) is 0 Å². The van der Waals surface area contributed by atoms with E-state index in [9.17, 15) is 9.18 Å². The average Bonchev–Trinajstić information content (AvgIpc) is 3.24. The van der Waals surface area contributed by atoms with E-state index in [1.807, 2.05) is 11.0 Å². The van der Waals surface area contributed by atoms with Crippen LogP contribution in [-0.2, 0) is 11.2 Å². The number of methoxy groups -OCH3 is 1. The highest BCUT2D eigenvalue weighted by atomic mass is 19.1. The number of halogens is 1. The predicted molar refractivity (Wildman–Crippen MR) is 75.1 cm³/mol. The molecule has 1 aromatic rings. The normalized spacial score (nSPS) is 14.1. The third-order valence-corrected chi connectivity index (χ3v) is 3.36. The van der Waals surface area contributed by atoms with Crippen LogP contribution in [0.3, 0.4) is 0 Å². The van der Waals surface area contributed by atoms with Gasteiger partial charge in [0.05, 0.1) is 6.61 Å². The molecule has 0 aromatic heterocycles. The van der Waals surface area contributed by atoms with E-state index in [2.05, 4.69) is 5.32 Å². The van der Waals surface area contributed by atoms with E-state index in [-0.39, 0.29) is 11.8 Å². The van der Waals surface area contributed by atoms with Crippen LogP contribution < -0.4 is 5.32 Å². The SMILES string of the molecule is COCCNC(=O)N(CCc1cccc(F)c1)C1CC1.